The molecule has 0 unspecified atom stereocenters. The van der Waals surface area contributed by atoms with Crippen molar-refractivity contribution in [2.45, 2.75) is 19.4 Å². The van der Waals surface area contributed by atoms with Crippen LogP contribution in [0.4, 0.5) is 11.5 Å². The van der Waals surface area contributed by atoms with Gasteiger partial charge in [-0.25, -0.2) is 4.98 Å². The molecule has 0 spiro atoms. The summed E-state index contributed by atoms with van der Waals surface area (Å²) in [5.74, 6) is 0.825. The zero-order chi connectivity index (χ0) is 16.2. The number of para-hydroxylation sites is 1. The Morgan fingerprint density at radius 2 is 2.17 bits per heavy atom. The van der Waals surface area contributed by atoms with E-state index >= 15 is 0 Å². The zero-order valence-electron chi connectivity index (χ0n) is 13.6. The molecule has 5 heteroatoms. The Morgan fingerprint density at radius 1 is 1.30 bits per heavy atom. The molecule has 5 nitrogen and oxygen atoms in total. The predicted octanol–water partition coefficient (Wildman–Crippen LogP) is 2.44. The van der Waals surface area contributed by atoms with Crippen LogP contribution in [0.3, 0.4) is 0 Å². The lowest BCUT2D eigenvalue weighted by atomic mass is 9.99. The van der Waals surface area contributed by atoms with Crippen LogP contribution >= 0.6 is 0 Å². The normalized spacial score (nSPS) is 13.0. The third-order valence-electron chi connectivity index (χ3n) is 4.05. The van der Waals surface area contributed by atoms with Gasteiger partial charge in [0, 0.05) is 38.9 Å². The summed E-state index contributed by atoms with van der Waals surface area (Å²) in [7, 11) is 3.90. The molecule has 23 heavy (non-hydrogen) atoms. The lowest BCUT2D eigenvalue weighted by Crippen LogP contribution is -2.26. The number of fused-ring (bicyclic) bond motifs is 1. The summed E-state index contributed by atoms with van der Waals surface area (Å²) < 4.78 is 0. The molecule has 0 radical (unpaired) electrons. The smallest absolute Gasteiger partial charge is 0.253 e. The average Bonchev–Trinajstić information content (AvgIpc) is 2.59. The molecule has 120 valence electrons. The first-order valence-corrected chi connectivity index (χ1v) is 7.92. The number of nitrogens with zero attached hydrogens (tertiary/aromatic N) is 2. The molecule has 0 fully saturated rings. The Kier molecular flexibility index (Phi) is 4.46. The van der Waals surface area contributed by atoms with E-state index in [9.17, 15) is 4.79 Å². The fourth-order valence-corrected chi connectivity index (χ4v) is 2.94. The van der Waals surface area contributed by atoms with E-state index in [0.717, 1.165) is 42.0 Å². The number of pyridine rings is 1. The molecular weight excluding hydrogens is 288 g/mol. The molecule has 1 aromatic heterocycles. The number of nitrogens with one attached hydrogen (secondary N) is 2. The molecule has 0 aliphatic carbocycles. The van der Waals surface area contributed by atoms with Crippen LogP contribution in [-0.4, -0.2) is 31.5 Å². The molecule has 0 atom stereocenters. The molecule has 3 rings (SSSR count). The van der Waals surface area contributed by atoms with Crippen molar-refractivity contribution in [3.05, 3.63) is 53.2 Å². The van der Waals surface area contributed by atoms with Gasteiger partial charge in [-0.1, -0.05) is 18.2 Å². The van der Waals surface area contributed by atoms with Crippen LogP contribution in [0.5, 0.6) is 0 Å². The summed E-state index contributed by atoms with van der Waals surface area (Å²) in [5.41, 5.74) is 3.93. The average molecular weight is 310 g/mol. The van der Waals surface area contributed by atoms with Crippen molar-refractivity contribution in [1.82, 2.24) is 10.3 Å². The molecule has 1 aliphatic heterocycles. The number of carbonyl (C=O) groups is 1. The van der Waals surface area contributed by atoms with Gasteiger partial charge in [-0.3, -0.25) is 4.79 Å². The van der Waals surface area contributed by atoms with Crippen LogP contribution in [0.1, 0.15) is 27.9 Å². The van der Waals surface area contributed by atoms with Crippen molar-refractivity contribution in [2.24, 2.45) is 0 Å². The Labute approximate surface area is 136 Å². The van der Waals surface area contributed by atoms with Gasteiger partial charge >= 0.3 is 0 Å². The molecule has 0 bridgehead atoms. The summed E-state index contributed by atoms with van der Waals surface area (Å²) >= 11 is 0. The second kappa shape index (κ2) is 6.69. The summed E-state index contributed by atoms with van der Waals surface area (Å²) in [6.07, 6.45) is 3.90. The monoisotopic (exact) mass is 310 g/mol. The van der Waals surface area contributed by atoms with Gasteiger partial charge in [0.1, 0.15) is 5.82 Å². The highest BCUT2D eigenvalue weighted by molar-refractivity contribution is 6.00. The highest BCUT2D eigenvalue weighted by atomic mass is 16.1. The minimum absolute atomic E-state index is 0.0511. The van der Waals surface area contributed by atoms with E-state index in [0.29, 0.717) is 6.54 Å². The number of hydrogen-bond donors (Lipinski definition) is 2. The number of carbonyl (C=O) groups excluding carboxylic acids is 1. The van der Waals surface area contributed by atoms with Crippen LogP contribution in [0, 0.1) is 0 Å². The Balaban J connectivity index is 1.76. The van der Waals surface area contributed by atoms with Gasteiger partial charge in [-0.15, -0.1) is 0 Å². The summed E-state index contributed by atoms with van der Waals surface area (Å²) in [4.78, 5) is 18.9. The minimum Gasteiger partial charge on any atom is -0.384 e. The summed E-state index contributed by atoms with van der Waals surface area (Å²) in [5, 5.41) is 6.37. The highest BCUT2D eigenvalue weighted by Gasteiger charge is 2.17. The number of aromatic nitrogens is 1. The number of aryl methyl sites for hydroxylation is 1. The molecule has 0 saturated carbocycles. The molecule has 1 aliphatic rings. The van der Waals surface area contributed by atoms with Crippen molar-refractivity contribution < 1.29 is 4.79 Å². The highest BCUT2D eigenvalue weighted by Crippen LogP contribution is 2.26. The van der Waals surface area contributed by atoms with Gasteiger partial charge in [0.2, 0.25) is 0 Å². The van der Waals surface area contributed by atoms with E-state index in [1.54, 1.807) is 6.20 Å². The third kappa shape index (κ3) is 3.28. The number of rotatable bonds is 4. The number of hydrogen-bond acceptors (Lipinski definition) is 4. The van der Waals surface area contributed by atoms with Crippen LogP contribution in [0.25, 0.3) is 0 Å². The van der Waals surface area contributed by atoms with Crippen molar-refractivity contribution in [3.63, 3.8) is 0 Å². The van der Waals surface area contributed by atoms with Crippen molar-refractivity contribution in [2.75, 3.05) is 30.9 Å². The van der Waals surface area contributed by atoms with E-state index in [2.05, 4.69) is 21.7 Å². The zero-order valence-corrected chi connectivity index (χ0v) is 13.6. The van der Waals surface area contributed by atoms with E-state index in [1.807, 2.05) is 43.3 Å². The Hall–Kier alpha value is -2.56. The largest absolute Gasteiger partial charge is 0.384 e. The van der Waals surface area contributed by atoms with Crippen molar-refractivity contribution >= 4 is 17.4 Å². The SMILES string of the molecule is CN(C)c1ncccc1CNC(=O)c1cccc2c1NCCC2. The topological polar surface area (TPSA) is 57.3 Å². The van der Waals surface area contributed by atoms with E-state index in [-0.39, 0.29) is 5.91 Å². The molecule has 1 aromatic carbocycles. The molecule has 2 aromatic rings. The van der Waals surface area contributed by atoms with Crippen LogP contribution in [-0.2, 0) is 13.0 Å². The van der Waals surface area contributed by atoms with E-state index in [1.165, 1.54) is 5.56 Å². The first-order valence-electron chi connectivity index (χ1n) is 7.92. The van der Waals surface area contributed by atoms with Crippen LogP contribution < -0.4 is 15.5 Å². The van der Waals surface area contributed by atoms with E-state index in [4.69, 9.17) is 0 Å². The van der Waals surface area contributed by atoms with Gasteiger partial charge in [0.15, 0.2) is 0 Å². The second-order valence-electron chi connectivity index (χ2n) is 5.93. The first kappa shape index (κ1) is 15.3. The standard InChI is InChI=1S/C18H22N4O/c1-22(2)17-14(8-5-11-20-17)12-21-18(23)15-9-3-6-13-7-4-10-19-16(13)15/h3,5-6,8-9,11,19H,4,7,10,12H2,1-2H3,(H,21,23). The van der Waals surface area contributed by atoms with E-state index < -0.39 is 0 Å². The van der Waals surface area contributed by atoms with Gasteiger partial charge in [-0.05, 0) is 30.5 Å². The molecule has 2 N–H and O–H groups in total. The number of amides is 1. The molecule has 2 heterocycles. The lowest BCUT2D eigenvalue weighted by molar-refractivity contribution is 0.0951. The minimum atomic E-state index is -0.0511. The molecule has 0 saturated heterocycles. The number of anilines is 2. The van der Waals surface area contributed by atoms with Gasteiger partial charge in [0.25, 0.3) is 5.91 Å². The maximum atomic E-state index is 12.6. The van der Waals surface area contributed by atoms with Crippen LogP contribution in [0.15, 0.2) is 36.5 Å². The summed E-state index contributed by atoms with van der Waals surface area (Å²) in [6, 6.07) is 9.80. The number of benzene rings is 1. The lowest BCUT2D eigenvalue weighted by Gasteiger charge is -2.21. The quantitative estimate of drug-likeness (QED) is 0.911. The Morgan fingerprint density at radius 3 is 3.00 bits per heavy atom. The maximum Gasteiger partial charge on any atom is 0.253 e. The van der Waals surface area contributed by atoms with Gasteiger partial charge in [-0.2, -0.15) is 0 Å². The third-order valence-corrected chi connectivity index (χ3v) is 4.05. The molecule has 1 amide bonds. The van der Waals surface area contributed by atoms with Gasteiger partial charge < -0.3 is 15.5 Å². The predicted molar refractivity (Wildman–Crippen MR) is 93.0 cm³/mol. The van der Waals surface area contributed by atoms with Crippen molar-refractivity contribution in [3.8, 4) is 0 Å². The van der Waals surface area contributed by atoms with Crippen molar-refractivity contribution in [1.29, 1.82) is 0 Å². The summed E-state index contributed by atoms with van der Waals surface area (Å²) in [6.45, 7) is 1.38. The fraction of sp³-hybridized carbons (Fsp3) is 0.333. The second-order valence-corrected chi connectivity index (χ2v) is 5.93. The maximum absolute atomic E-state index is 12.6. The fourth-order valence-electron chi connectivity index (χ4n) is 2.94. The Bertz CT molecular complexity index is 712. The van der Waals surface area contributed by atoms with Gasteiger partial charge in [0.05, 0.1) is 11.3 Å². The molecular formula is C18H22N4O. The first-order chi connectivity index (χ1) is 11.2. The van der Waals surface area contributed by atoms with Crippen LogP contribution in [0.2, 0.25) is 0 Å².